The summed E-state index contributed by atoms with van der Waals surface area (Å²) in [4.78, 5) is 12.2. The third kappa shape index (κ3) is 2.22. The van der Waals surface area contributed by atoms with Gasteiger partial charge in [-0.25, -0.2) is 4.68 Å². The Balaban J connectivity index is 2.55. The molecule has 0 aliphatic heterocycles. The molecule has 0 unspecified atom stereocenters. The van der Waals surface area contributed by atoms with Crippen LogP contribution in [0.1, 0.15) is 16.1 Å². The lowest BCUT2D eigenvalue weighted by Crippen LogP contribution is -2.09. The summed E-state index contributed by atoms with van der Waals surface area (Å²) < 4.78 is 1.75. The minimum absolute atomic E-state index is 0.229. The molecule has 0 fully saturated rings. The van der Waals surface area contributed by atoms with E-state index in [0.717, 1.165) is 0 Å². The van der Waals surface area contributed by atoms with E-state index in [-0.39, 0.29) is 10.8 Å². The first-order valence-electron chi connectivity index (χ1n) is 4.56. The van der Waals surface area contributed by atoms with Crippen molar-refractivity contribution in [3.05, 3.63) is 44.1 Å². The van der Waals surface area contributed by atoms with Crippen molar-refractivity contribution in [2.24, 2.45) is 7.05 Å². The normalized spacial score (nSPS) is 10.6. The van der Waals surface area contributed by atoms with Gasteiger partial charge >= 0.3 is 0 Å². The number of carbonyl (C=O) groups excluding carboxylic acids is 1. The molecule has 0 saturated carbocycles. The summed E-state index contributed by atoms with van der Waals surface area (Å²) in [6.45, 7) is 0. The van der Waals surface area contributed by atoms with Gasteiger partial charge in [0.25, 0.3) is 0 Å². The Labute approximate surface area is 116 Å². The van der Waals surface area contributed by atoms with E-state index in [0.29, 0.717) is 20.9 Å². The van der Waals surface area contributed by atoms with Crippen molar-refractivity contribution in [2.45, 2.75) is 0 Å². The number of nitrogens with zero attached hydrogens (tertiary/aromatic N) is 3. The van der Waals surface area contributed by atoms with E-state index in [1.165, 1.54) is 4.68 Å². The van der Waals surface area contributed by atoms with Crippen LogP contribution in [0.2, 0.25) is 10.0 Å². The summed E-state index contributed by atoms with van der Waals surface area (Å²) in [6.07, 6.45) is 0. The van der Waals surface area contributed by atoms with Crippen LogP contribution in [0.3, 0.4) is 0 Å². The van der Waals surface area contributed by atoms with E-state index in [1.54, 1.807) is 25.2 Å². The highest BCUT2D eigenvalue weighted by Gasteiger charge is 2.21. The number of halogens is 3. The monoisotopic (exact) mass is 333 g/mol. The van der Waals surface area contributed by atoms with Crippen LogP contribution in [0.4, 0.5) is 0 Å². The SMILES string of the molecule is Cn1nnc(Br)c1C(=O)c1cccc(Cl)c1Cl. The van der Waals surface area contributed by atoms with Gasteiger partial charge in [0.05, 0.1) is 10.0 Å². The summed E-state index contributed by atoms with van der Waals surface area (Å²) in [7, 11) is 1.63. The van der Waals surface area contributed by atoms with Gasteiger partial charge in [0.1, 0.15) is 5.69 Å². The molecule has 17 heavy (non-hydrogen) atoms. The van der Waals surface area contributed by atoms with Crippen molar-refractivity contribution in [1.29, 1.82) is 0 Å². The van der Waals surface area contributed by atoms with Crippen molar-refractivity contribution in [3.63, 3.8) is 0 Å². The number of benzene rings is 1. The molecule has 0 radical (unpaired) electrons. The standard InChI is InChI=1S/C10H6BrCl2N3O/c1-16-8(10(11)14-15-16)9(17)5-3-2-4-6(12)7(5)13/h2-4H,1H3. The quantitative estimate of drug-likeness (QED) is 0.793. The number of aromatic nitrogens is 3. The summed E-state index contributed by atoms with van der Waals surface area (Å²) in [6, 6.07) is 4.90. The van der Waals surface area contributed by atoms with E-state index >= 15 is 0 Å². The maximum atomic E-state index is 12.2. The smallest absolute Gasteiger partial charge is 0.215 e. The Hall–Kier alpha value is -0.910. The molecule has 0 N–H and O–H groups in total. The second-order valence-corrected chi connectivity index (χ2v) is 4.82. The highest BCUT2D eigenvalue weighted by molar-refractivity contribution is 9.10. The molecular weight excluding hydrogens is 329 g/mol. The molecule has 2 aromatic rings. The van der Waals surface area contributed by atoms with Gasteiger partial charge in [-0.15, -0.1) is 5.10 Å². The van der Waals surface area contributed by atoms with Gasteiger partial charge in [-0.05, 0) is 28.1 Å². The van der Waals surface area contributed by atoms with Crippen molar-refractivity contribution in [1.82, 2.24) is 15.0 Å². The van der Waals surface area contributed by atoms with E-state index in [9.17, 15) is 4.79 Å². The lowest BCUT2D eigenvalue weighted by atomic mass is 10.1. The zero-order valence-electron chi connectivity index (χ0n) is 8.62. The van der Waals surface area contributed by atoms with Gasteiger partial charge in [-0.2, -0.15) is 0 Å². The third-order valence-electron chi connectivity index (χ3n) is 2.20. The van der Waals surface area contributed by atoms with Crippen LogP contribution in [0.25, 0.3) is 0 Å². The largest absolute Gasteiger partial charge is 0.287 e. The second-order valence-electron chi connectivity index (χ2n) is 3.28. The predicted octanol–water partition coefficient (Wildman–Crippen LogP) is 3.12. The molecule has 4 nitrogen and oxygen atoms in total. The van der Waals surface area contributed by atoms with Crippen LogP contribution >= 0.6 is 39.1 Å². The Bertz CT molecular complexity index is 578. The topological polar surface area (TPSA) is 47.8 Å². The average molecular weight is 335 g/mol. The Morgan fingerprint density at radius 3 is 2.71 bits per heavy atom. The Morgan fingerprint density at radius 1 is 1.41 bits per heavy atom. The molecule has 1 aromatic heterocycles. The predicted molar refractivity (Wildman–Crippen MR) is 68.6 cm³/mol. The number of carbonyl (C=O) groups is 1. The van der Waals surface area contributed by atoms with Crippen LogP contribution in [-0.4, -0.2) is 20.8 Å². The number of hydrogen-bond donors (Lipinski definition) is 0. The molecule has 0 saturated heterocycles. The van der Waals surface area contributed by atoms with Crippen molar-refractivity contribution < 1.29 is 4.79 Å². The maximum Gasteiger partial charge on any atom is 0.215 e. The van der Waals surface area contributed by atoms with E-state index in [2.05, 4.69) is 26.2 Å². The summed E-state index contributed by atoms with van der Waals surface area (Å²) >= 11 is 15.0. The second kappa shape index (κ2) is 4.76. The fourth-order valence-corrected chi connectivity index (χ4v) is 2.27. The van der Waals surface area contributed by atoms with Crippen molar-refractivity contribution in [2.75, 3.05) is 0 Å². The molecule has 7 heteroatoms. The van der Waals surface area contributed by atoms with Crippen molar-refractivity contribution >= 4 is 44.9 Å². The van der Waals surface area contributed by atoms with Gasteiger partial charge in [0.15, 0.2) is 4.60 Å². The van der Waals surface area contributed by atoms with Crippen molar-refractivity contribution in [3.8, 4) is 0 Å². The first-order valence-corrected chi connectivity index (χ1v) is 6.11. The zero-order chi connectivity index (χ0) is 12.6. The Morgan fingerprint density at radius 2 is 2.12 bits per heavy atom. The van der Waals surface area contributed by atoms with E-state index in [1.807, 2.05) is 0 Å². The highest BCUT2D eigenvalue weighted by Crippen LogP contribution is 2.28. The maximum absolute atomic E-state index is 12.2. The van der Waals surface area contributed by atoms with E-state index < -0.39 is 0 Å². The van der Waals surface area contributed by atoms with Gasteiger partial charge in [-0.1, -0.05) is 34.5 Å². The minimum atomic E-state index is -0.281. The summed E-state index contributed by atoms with van der Waals surface area (Å²) in [5.41, 5.74) is 0.652. The lowest BCUT2D eigenvalue weighted by molar-refractivity contribution is 0.102. The van der Waals surface area contributed by atoms with Crippen LogP contribution < -0.4 is 0 Å². The molecule has 0 aliphatic carbocycles. The molecule has 0 amide bonds. The summed E-state index contributed by atoms with van der Waals surface area (Å²) in [5, 5.41) is 8.05. The summed E-state index contributed by atoms with van der Waals surface area (Å²) in [5.74, 6) is -0.281. The van der Waals surface area contributed by atoms with E-state index in [4.69, 9.17) is 23.2 Å². The molecule has 0 aliphatic rings. The minimum Gasteiger partial charge on any atom is -0.287 e. The zero-order valence-corrected chi connectivity index (χ0v) is 11.7. The van der Waals surface area contributed by atoms with Crippen LogP contribution in [-0.2, 0) is 7.05 Å². The number of rotatable bonds is 2. The first-order chi connectivity index (χ1) is 8.02. The molecule has 0 atom stereocenters. The number of aryl methyl sites for hydroxylation is 1. The number of ketones is 1. The van der Waals surface area contributed by atoms with Crippen LogP contribution in [0.5, 0.6) is 0 Å². The van der Waals surface area contributed by atoms with Crippen LogP contribution in [0, 0.1) is 0 Å². The molecule has 1 aromatic carbocycles. The molecule has 0 spiro atoms. The molecule has 2 rings (SSSR count). The average Bonchev–Trinajstić information content (AvgIpc) is 2.62. The Kier molecular flexibility index (Phi) is 3.51. The van der Waals surface area contributed by atoms with Crippen LogP contribution in [0.15, 0.2) is 22.8 Å². The third-order valence-corrected chi connectivity index (χ3v) is 3.55. The van der Waals surface area contributed by atoms with Gasteiger partial charge in [-0.3, -0.25) is 4.79 Å². The lowest BCUT2D eigenvalue weighted by Gasteiger charge is -2.04. The highest BCUT2D eigenvalue weighted by atomic mass is 79.9. The number of hydrogen-bond acceptors (Lipinski definition) is 3. The molecular formula is C10H6BrCl2N3O. The molecule has 0 bridgehead atoms. The van der Waals surface area contributed by atoms with Gasteiger partial charge < -0.3 is 0 Å². The fraction of sp³-hybridized carbons (Fsp3) is 0.100. The molecule has 88 valence electrons. The van der Waals surface area contributed by atoms with Gasteiger partial charge in [0.2, 0.25) is 5.78 Å². The van der Waals surface area contributed by atoms with Gasteiger partial charge in [0, 0.05) is 12.6 Å². The first kappa shape index (κ1) is 12.5. The fourth-order valence-electron chi connectivity index (χ4n) is 1.38. The molecule has 1 heterocycles.